The molecule has 1 atom stereocenters. The van der Waals surface area contributed by atoms with Crippen LogP contribution in [-0.4, -0.2) is 41.9 Å². The second-order valence-electron chi connectivity index (χ2n) is 4.81. The molecular weight excluding hydrogens is 259 g/mol. The van der Waals surface area contributed by atoms with E-state index in [0.29, 0.717) is 6.54 Å². The molecule has 2 N–H and O–H groups in total. The van der Waals surface area contributed by atoms with E-state index >= 15 is 0 Å². The number of benzene rings is 1. The summed E-state index contributed by atoms with van der Waals surface area (Å²) in [6.45, 7) is 1.86. The van der Waals surface area contributed by atoms with Gasteiger partial charge in [0.15, 0.2) is 0 Å². The van der Waals surface area contributed by atoms with Crippen molar-refractivity contribution in [3.8, 4) is 0 Å². The lowest BCUT2D eigenvalue weighted by atomic mass is 9.94. The number of rotatable bonds is 5. The first-order valence-electron chi connectivity index (χ1n) is 5.86. The predicted molar refractivity (Wildman–Crippen MR) is 65.6 cm³/mol. The van der Waals surface area contributed by atoms with Crippen LogP contribution in [-0.2, 0) is 11.8 Å². The number of nitrogens with zero attached hydrogens (tertiary/aromatic N) is 1. The number of halogens is 3. The van der Waals surface area contributed by atoms with Crippen molar-refractivity contribution in [1.82, 2.24) is 4.90 Å². The van der Waals surface area contributed by atoms with Gasteiger partial charge in [-0.1, -0.05) is 12.1 Å². The molecule has 0 heterocycles. The summed E-state index contributed by atoms with van der Waals surface area (Å²) in [7, 11) is 1.68. The Kier molecular flexibility index (Phi) is 4.95. The minimum absolute atomic E-state index is 0.0742. The Balaban J connectivity index is 2.95. The maximum atomic E-state index is 12.6. The van der Waals surface area contributed by atoms with Crippen LogP contribution in [0.4, 0.5) is 13.2 Å². The largest absolute Gasteiger partial charge is 0.416 e. The molecule has 0 saturated carbocycles. The number of hydrogen-bond acceptors (Lipinski definition) is 3. The number of alkyl halides is 3. The summed E-state index contributed by atoms with van der Waals surface area (Å²) in [4.78, 5) is 1.65. The third-order valence-electron chi connectivity index (χ3n) is 2.87. The molecule has 1 aromatic carbocycles. The van der Waals surface area contributed by atoms with Crippen molar-refractivity contribution in [2.45, 2.75) is 18.7 Å². The van der Waals surface area contributed by atoms with E-state index in [4.69, 9.17) is 5.11 Å². The molecule has 0 bridgehead atoms. The molecule has 0 spiro atoms. The number of aliphatic hydroxyl groups excluding tert-OH is 1. The lowest BCUT2D eigenvalue weighted by Crippen LogP contribution is -2.38. The molecule has 1 rings (SSSR count). The van der Waals surface area contributed by atoms with Crippen molar-refractivity contribution in [2.24, 2.45) is 0 Å². The highest BCUT2D eigenvalue weighted by Crippen LogP contribution is 2.32. The normalized spacial score (nSPS) is 15.6. The lowest BCUT2D eigenvalue weighted by Gasteiger charge is -2.29. The van der Waals surface area contributed by atoms with Gasteiger partial charge in [-0.2, -0.15) is 13.2 Å². The van der Waals surface area contributed by atoms with Crippen LogP contribution in [0.2, 0.25) is 0 Å². The summed E-state index contributed by atoms with van der Waals surface area (Å²) in [6.07, 6.45) is -4.43. The van der Waals surface area contributed by atoms with Crippen molar-refractivity contribution < 1.29 is 23.4 Å². The highest BCUT2D eigenvalue weighted by molar-refractivity contribution is 5.29. The van der Waals surface area contributed by atoms with E-state index in [-0.39, 0.29) is 18.7 Å². The fourth-order valence-electron chi connectivity index (χ4n) is 1.90. The topological polar surface area (TPSA) is 43.7 Å². The maximum Gasteiger partial charge on any atom is 0.416 e. The summed E-state index contributed by atoms with van der Waals surface area (Å²) in [5.41, 5.74) is -1.99. The molecule has 0 aromatic heterocycles. The molecule has 0 radical (unpaired) electrons. The number of likely N-dealkylation sites (N-methyl/N-ethyl adjacent to an activating group) is 1. The molecular formula is C13H18F3NO2. The summed E-state index contributed by atoms with van der Waals surface area (Å²) in [5.74, 6) is 0. The first kappa shape index (κ1) is 15.9. The molecule has 0 aliphatic carbocycles. The highest BCUT2D eigenvalue weighted by atomic mass is 19.4. The fraction of sp³-hybridized carbons (Fsp3) is 0.538. The van der Waals surface area contributed by atoms with Gasteiger partial charge in [0.25, 0.3) is 0 Å². The second kappa shape index (κ2) is 5.90. The minimum Gasteiger partial charge on any atom is -0.395 e. The van der Waals surface area contributed by atoms with Gasteiger partial charge in [-0.15, -0.1) is 0 Å². The Hall–Kier alpha value is -1.11. The second-order valence-corrected chi connectivity index (χ2v) is 4.81. The molecule has 6 heteroatoms. The molecule has 0 fully saturated rings. The molecule has 19 heavy (non-hydrogen) atoms. The van der Waals surface area contributed by atoms with E-state index in [9.17, 15) is 18.3 Å². The molecule has 0 aliphatic heterocycles. The molecule has 108 valence electrons. The van der Waals surface area contributed by atoms with Crippen molar-refractivity contribution in [3.05, 3.63) is 35.4 Å². The quantitative estimate of drug-likeness (QED) is 0.863. The van der Waals surface area contributed by atoms with E-state index in [2.05, 4.69) is 0 Å². The maximum absolute atomic E-state index is 12.6. The van der Waals surface area contributed by atoms with E-state index < -0.39 is 17.3 Å². The molecule has 3 nitrogen and oxygen atoms in total. The van der Waals surface area contributed by atoms with Crippen molar-refractivity contribution >= 4 is 0 Å². The Labute approximate surface area is 110 Å². The molecule has 0 aliphatic rings. The van der Waals surface area contributed by atoms with E-state index in [1.54, 1.807) is 11.9 Å². The van der Waals surface area contributed by atoms with Gasteiger partial charge in [0.1, 0.15) is 0 Å². The average molecular weight is 277 g/mol. The van der Waals surface area contributed by atoms with Crippen molar-refractivity contribution in [2.75, 3.05) is 26.7 Å². The Bertz CT molecular complexity index is 419. The smallest absolute Gasteiger partial charge is 0.395 e. The van der Waals surface area contributed by atoms with Crippen LogP contribution < -0.4 is 0 Å². The van der Waals surface area contributed by atoms with Gasteiger partial charge in [0, 0.05) is 13.1 Å². The van der Waals surface area contributed by atoms with Crippen LogP contribution >= 0.6 is 0 Å². The zero-order chi connectivity index (χ0) is 14.7. The molecule has 0 amide bonds. The van der Waals surface area contributed by atoms with Crippen molar-refractivity contribution in [3.63, 3.8) is 0 Å². The predicted octanol–water partition coefficient (Wildman–Crippen LogP) is 1.84. The van der Waals surface area contributed by atoms with Crippen LogP contribution in [0.1, 0.15) is 18.1 Å². The SMILES string of the molecule is CN(CCO)CC(C)(O)c1cccc(C(F)(F)F)c1. The summed E-state index contributed by atoms with van der Waals surface area (Å²) in [6, 6.07) is 4.66. The summed E-state index contributed by atoms with van der Waals surface area (Å²) in [5, 5.41) is 19.1. The summed E-state index contributed by atoms with van der Waals surface area (Å²) >= 11 is 0. The molecule has 0 saturated heterocycles. The lowest BCUT2D eigenvalue weighted by molar-refractivity contribution is -0.137. The minimum atomic E-state index is -4.43. The van der Waals surface area contributed by atoms with Gasteiger partial charge < -0.3 is 15.1 Å². The molecule has 1 aromatic rings. The number of hydrogen-bond donors (Lipinski definition) is 2. The van der Waals surface area contributed by atoms with Crippen LogP contribution in [0.15, 0.2) is 24.3 Å². The van der Waals surface area contributed by atoms with Crippen LogP contribution in [0.3, 0.4) is 0 Å². The van der Waals surface area contributed by atoms with Gasteiger partial charge >= 0.3 is 6.18 Å². The van der Waals surface area contributed by atoms with Gasteiger partial charge in [0.05, 0.1) is 17.8 Å². The first-order chi connectivity index (χ1) is 8.66. The third-order valence-corrected chi connectivity index (χ3v) is 2.87. The van der Waals surface area contributed by atoms with Gasteiger partial charge in [0.2, 0.25) is 0 Å². The van der Waals surface area contributed by atoms with E-state index in [1.165, 1.54) is 19.1 Å². The molecule has 1 unspecified atom stereocenters. The fourth-order valence-corrected chi connectivity index (χ4v) is 1.90. The zero-order valence-electron chi connectivity index (χ0n) is 10.9. The van der Waals surface area contributed by atoms with Gasteiger partial charge in [-0.25, -0.2) is 0 Å². The van der Waals surface area contributed by atoms with Gasteiger partial charge in [-0.05, 0) is 31.7 Å². The van der Waals surface area contributed by atoms with E-state index in [1.807, 2.05) is 0 Å². The van der Waals surface area contributed by atoms with Crippen LogP contribution in [0.5, 0.6) is 0 Å². The Morgan fingerprint density at radius 1 is 1.21 bits per heavy atom. The van der Waals surface area contributed by atoms with Crippen LogP contribution in [0.25, 0.3) is 0 Å². The van der Waals surface area contributed by atoms with Crippen molar-refractivity contribution in [1.29, 1.82) is 0 Å². The zero-order valence-corrected chi connectivity index (χ0v) is 10.9. The Morgan fingerprint density at radius 3 is 2.32 bits per heavy atom. The summed E-state index contributed by atoms with van der Waals surface area (Å²) < 4.78 is 37.8. The monoisotopic (exact) mass is 277 g/mol. The first-order valence-corrected chi connectivity index (χ1v) is 5.86. The standard InChI is InChI=1S/C13H18F3NO2/c1-12(19,9-17(2)6-7-18)10-4-3-5-11(8-10)13(14,15)16/h3-5,8,18-19H,6-7,9H2,1-2H3. The highest BCUT2D eigenvalue weighted by Gasteiger charge is 2.33. The van der Waals surface area contributed by atoms with Gasteiger partial charge in [-0.3, -0.25) is 0 Å². The number of aliphatic hydroxyl groups is 2. The van der Waals surface area contributed by atoms with Crippen LogP contribution in [0, 0.1) is 0 Å². The third kappa shape index (κ3) is 4.49. The average Bonchev–Trinajstić information content (AvgIpc) is 2.27. The van der Waals surface area contributed by atoms with E-state index in [0.717, 1.165) is 12.1 Å². The Morgan fingerprint density at radius 2 is 1.79 bits per heavy atom.